The first-order valence-corrected chi connectivity index (χ1v) is 10.3. The van der Waals surface area contributed by atoms with Crippen LogP contribution in [0.4, 0.5) is 17.5 Å². The Balaban J connectivity index is 1.83. The van der Waals surface area contributed by atoms with Gasteiger partial charge in [0.25, 0.3) is 0 Å². The van der Waals surface area contributed by atoms with Crippen molar-refractivity contribution in [1.29, 1.82) is 5.26 Å². The normalized spacial score (nSPS) is 18.5. The van der Waals surface area contributed by atoms with E-state index in [0.29, 0.717) is 28.1 Å². The summed E-state index contributed by atoms with van der Waals surface area (Å²) in [6.45, 7) is 8.98. The lowest BCUT2D eigenvalue weighted by molar-refractivity contribution is -0.00772. The largest absolute Gasteiger partial charge is 0.495 e. The predicted octanol–water partition coefficient (Wildman–Crippen LogP) is 4.82. The number of likely N-dealkylation sites (tertiary alicyclic amines) is 1. The highest BCUT2D eigenvalue weighted by Crippen LogP contribution is 2.38. The molecule has 7 nitrogen and oxygen atoms in total. The molecule has 0 spiro atoms. The Morgan fingerprint density at radius 2 is 1.90 bits per heavy atom. The molecule has 0 aliphatic carbocycles. The number of aromatic nitrogens is 2. The number of ether oxygens (including phenoxy) is 1. The molecular formula is C22H29ClN6O. The molecule has 0 atom stereocenters. The summed E-state index contributed by atoms with van der Waals surface area (Å²) in [7, 11) is 3.74. The molecule has 0 radical (unpaired) electrons. The van der Waals surface area contributed by atoms with Crippen molar-refractivity contribution in [2.45, 2.75) is 57.7 Å². The molecule has 8 heteroatoms. The van der Waals surface area contributed by atoms with Gasteiger partial charge in [-0.2, -0.15) is 10.2 Å². The maximum atomic E-state index is 9.54. The Hall–Kier alpha value is -2.56. The van der Waals surface area contributed by atoms with Crippen molar-refractivity contribution in [2.24, 2.45) is 0 Å². The molecule has 1 aromatic carbocycles. The van der Waals surface area contributed by atoms with Crippen LogP contribution in [0.1, 0.15) is 46.1 Å². The van der Waals surface area contributed by atoms with E-state index in [1.165, 1.54) is 6.20 Å². The molecule has 2 aromatic rings. The third-order valence-corrected chi connectivity index (χ3v) is 6.26. The highest BCUT2D eigenvalue weighted by Gasteiger charge is 2.43. The van der Waals surface area contributed by atoms with Gasteiger partial charge in [0.1, 0.15) is 23.2 Å². The van der Waals surface area contributed by atoms with Gasteiger partial charge in [0.05, 0.1) is 18.3 Å². The van der Waals surface area contributed by atoms with E-state index in [-0.39, 0.29) is 17.1 Å². The van der Waals surface area contributed by atoms with Gasteiger partial charge in [-0.25, -0.2) is 4.98 Å². The molecule has 0 bridgehead atoms. The van der Waals surface area contributed by atoms with Gasteiger partial charge in [0.2, 0.25) is 5.95 Å². The van der Waals surface area contributed by atoms with Gasteiger partial charge in [-0.3, -0.25) is 4.90 Å². The number of halogens is 1. The van der Waals surface area contributed by atoms with Crippen molar-refractivity contribution in [3.8, 4) is 11.8 Å². The maximum absolute atomic E-state index is 9.54. The van der Waals surface area contributed by atoms with E-state index < -0.39 is 0 Å². The van der Waals surface area contributed by atoms with E-state index >= 15 is 0 Å². The fraction of sp³-hybridized carbons (Fsp3) is 0.500. The quantitative estimate of drug-likeness (QED) is 0.706. The van der Waals surface area contributed by atoms with Crippen LogP contribution in [0.5, 0.6) is 5.75 Å². The molecule has 2 heterocycles. The average Bonchev–Trinajstić information content (AvgIpc) is 2.66. The first kappa shape index (κ1) is 22.1. The predicted molar refractivity (Wildman–Crippen MR) is 121 cm³/mol. The topological polar surface area (TPSA) is 86.1 Å². The summed E-state index contributed by atoms with van der Waals surface area (Å²) in [6.07, 6.45) is 3.42. The number of anilines is 3. The number of nitrogens with zero attached hydrogens (tertiary/aromatic N) is 4. The summed E-state index contributed by atoms with van der Waals surface area (Å²) in [5.41, 5.74) is 1.21. The Morgan fingerprint density at radius 1 is 1.23 bits per heavy atom. The molecule has 3 rings (SSSR count). The van der Waals surface area contributed by atoms with E-state index in [0.717, 1.165) is 18.5 Å². The minimum atomic E-state index is 0.0280. The standard InChI is InChI=1S/C22H29ClN6O/c1-21(2)10-16(11-22(3,4)29(21)5)26-19-14(12-24)13-25-20(28-19)27-15-7-8-18(30-6)17(23)9-15/h7-9,13,16H,10-11H2,1-6H3,(H2,25,26,27,28). The zero-order valence-corrected chi connectivity index (χ0v) is 19.1. The molecular weight excluding hydrogens is 400 g/mol. The summed E-state index contributed by atoms with van der Waals surface area (Å²) >= 11 is 6.20. The minimum Gasteiger partial charge on any atom is -0.495 e. The monoisotopic (exact) mass is 428 g/mol. The molecule has 1 fully saturated rings. The molecule has 1 aliphatic rings. The molecule has 30 heavy (non-hydrogen) atoms. The van der Waals surface area contributed by atoms with Crippen LogP contribution in [-0.2, 0) is 0 Å². The van der Waals surface area contributed by atoms with Gasteiger partial charge in [0.15, 0.2) is 0 Å². The van der Waals surface area contributed by atoms with Crippen molar-refractivity contribution in [1.82, 2.24) is 14.9 Å². The van der Waals surface area contributed by atoms with E-state index in [1.807, 2.05) is 6.07 Å². The van der Waals surface area contributed by atoms with Crippen LogP contribution in [0, 0.1) is 11.3 Å². The fourth-order valence-corrected chi connectivity index (χ4v) is 4.43. The zero-order valence-electron chi connectivity index (χ0n) is 18.4. The Kier molecular flexibility index (Phi) is 6.11. The van der Waals surface area contributed by atoms with Crippen LogP contribution in [0.3, 0.4) is 0 Å². The van der Waals surface area contributed by atoms with Crippen LogP contribution in [0.2, 0.25) is 5.02 Å². The molecule has 2 N–H and O–H groups in total. The zero-order chi connectivity index (χ0) is 22.1. The van der Waals surface area contributed by atoms with E-state index in [1.54, 1.807) is 19.2 Å². The average molecular weight is 429 g/mol. The first-order valence-electron chi connectivity index (χ1n) is 9.94. The molecule has 1 aromatic heterocycles. The van der Waals surface area contributed by atoms with Gasteiger partial charge in [-0.1, -0.05) is 11.6 Å². The van der Waals surface area contributed by atoms with Crippen LogP contribution >= 0.6 is 11.6 Å². The van der Waals surface area contributed by atoms with E-state index in [2.05, 4.69) is 66.3 Å². The SMILES string of the molecule is COc1ccc(Nc2ncc(C#N)c(NC3CC(C)(C)N(C)C(C)(C)C3)n2)cc1Cl. The lowest BCUT2D eigenvalue weighted by Gasteiger charge is -2.53. The third-order valence-electron chi connectivity index (χ3n) is 5.97. The second-order valence-electron chi connectivity index (χ2n) is 8.98. The summed E-state index contributed by atoms with van der Waals surface area (Å²) in [5, 5.41) is 16.7. The number of benzene rings is 1. The molecule has 0 amide bonds. The summed E-state index contributed by atoms with van der Waals surface area (Å²) in [6, 6.07) is 7.73. The molecule has 0 unspecified atom stereocenters. The first-order chi connectivity index (χ1) is 14.1. The van der Waals surface area contributed by atoms with Crippen LogP contribution in [0.25, 0.3) is 0 Å². The van der Waals surface area contributed by atoms with Crippen molar-refractivity contribution in [2.75, 3.05) is 24.8 Å². The lowest BCUT2D eigenvalue weighted by atomic mass is 9.77. The van der Waals surface area contributed by atoms with Crippen molar-refractivity contribution in [3.05, 3.63) is 35.0 Å². The number of nitriles is 1. The Bertz CT molecular complexity index is 951. The fourth-order valence-electron chi connectivity index (χ4n) is 4.17. The molecule has 1 saturated heterocycles. The highest BCUT2D eigenvalue weighted by molar-refractivity contribution is 6.32. The van der Waals surface area contributed by atoms with Crippen LogP contribution in [-0.4, -0.2) is 46.1 Å². The number of hydrogen-bond donors (Lipinski definition) is 2. The number of nitrogens with one attached hydrogen (secondary N) is 2. The van der Waals surface area contributed by atoms with Crippen LogP contribution < -0.4 is 15.4 Å². The van der Waals surface area contributed by atoms with E-state index in [4.69, 9.17) is 16.3 Å². The number of hydrogen-bond acceptors (Lipinski definition) is 7. The highest BCUT2D eigenvalue weighted by atomic mass is 35.5. The van der Waals surface area contributed by atoms with Crippen molar-refractivity contribution < 1.29 is 4.74 Å². The number of piperidine rings is 1. The summed E-state index contributed by atoms with van der Waals surface area (Å²) < 4.78 is 5.18. The minimum absolute atomic E-state index is 0.0280. The lowest BCUT2D eigenvalue weighted by Crippen LogP contribution is -2.61. The summed E-state index contributed by atoms with van der Waals surface area (Å²) in [4.78, 5) is 11.3. The second kappa shape index (κ2) is 8.29. The smallest absolute Gasteiger partial charge is 0.229 e. The van der Waals surface area contributed by atoms with Gasteiger partial charge in [-0.15, -0.1) is 0 Å². The molecule has 0 saturated carbocycles. The maximum Gasteiger partial charge on any atom is 0.229 e. The van der Waals surface area contributed by atoms with Gasteiger partial charge in [0, 0.05) is 22.8 Å². The second-order valence-corrected chi connectivity index (χ2v) is 9.38. The summed E-state index contributed by atoms with van der Waals surface area (Å²) in [5.74, 6) is 1.53. The van der Waals surface area contributed by atoms with Crippen LogP contribution in [0.15, 0.2) is 24.4 Å². The molecule has 1 aliphatic heterocycles. The number of methoxy groups -OCH3 is 1. The van der Waals surface area contributed by atoms with Crippen molar-refractivity contribution in [3.63, 3.8) is 0 Å². The van der Waals surface area contributed by atoms with E-state index in [9.17, 15) is 5.26 Å². The molecule has 160 valence electrons. The van der Waals surface area contributed by atoms with Gasteiger partial charge < -0.3 is 15.4 Å². The third kappa shape index (κ3) is 4.61. The number of rotatable bonds is 5. The van der Waals surface area contributed by atoms with Crippen molar-refractivity contribution >= 4 is 29.1 Å². The van der Waals surface area contributed by atoms with Gasteiger partial charge >= 0.3 is 0 Å². The Morgan fingerprint density at radius 3 is 2.47 bits per heavy atom. The Labute approximate surface area is 183 Å². The van der Waals surface area contributed by atoms with Gasteiger partial charge in [-0.05, 0) is 65.8 Å².